The molecule has 2 aliphatic heterocycles. The molecule has 170 valence electrons. The van der Waals surface area contributed by atoms with Crippen LogP contribution in [0, 0.1) is 0 Å². The summed E-state index contributed by atoms with van der Waals surface area (Å²) in [6, 6.07) is 9.64. The highest BCUT2D eigenvalue weighted by Gasteiger charge is 2.33. The van der Waals surface area contributed by atoms with E-state index >= 15 is 0 Å². The summed E-state index contributed by atoms with van der Waals surface area (Å²) >= 11 is 0. The standard InChI is InChI=1S/C23H29N5O4/c1-23(2,3)32-22(30)28-13-18-19(14-28)24-16-25-20(18)26-9-11-27(12-10-26)21(29)31-15-17-7-5-4-6-8-17/h4-8,16H,9-15H2,1-3H3. The monoisotopic (exact) mass is 439 g/mol. The molecule has 1 fully saturated rings. The summed E-state index contributed by atoms with van der Waals surface area (Å²) in [5.41, 5.74) is 2.20. The number of hydrogen-bond donors (Lipinski definition) is 0. The van der Waals surface area contributed by atoms with Crippen molar-refractivity contribution in [3.63, 3.8) is 0 Å². The van der Waals surface area contributed by atoms with Crippen molar-refractivity contribution in [2.75, 3.05) is 31.1 Å². The van der Waals surface area contributed by atoms with E-state index in [4.69, 9.17) is 9.47 Å². The molecule has 0 radical (unpaired) electrons. The fourth-order valence-electron chi connectivity index (χ4n) is 3.80. The molecule has 1 saturated heterocycles. The Morgan fingerprint density at radius 3 is 2.34 bits per heavy atom. The van der Waals surface area contributed by atoms with Gasteiger partial charge in [0.2, 0.25) is 0 Å². The highest BCUT2D eigenvalue weighted by molar-refractivity contribution is 5.70. The molecule has 0 aliphatic carbocycles. The maximum atomic E-state index is 12.5. The SMILES string of the molecule is CC(C)(C)OC(=O)N1Cc2ncnc(N3CCN(C(=O)OCc4ccccc4)CC3)c2C1. The van der Waals surface area contributed by atoms with Crippen LogP contribution in [0.5, 0.6) is 0 Å². The van der Waals surface area contributed by atoms with Crippen molar-refractivity contribution >= 4 is 18.0 Å². The van der Waals surface area contributed by atoms with Crippen LogP contribution < -0.4 is 4.90 Å². The number of ether oxygens (including phenoxy) is 2. The van der Waals surface area contributed by atoms with Crippen molar-refractivity contribution in [3.05, 3.63) is 53.5 Å². The van der Waals surface area contributed by atoms with Gasteiger partial charge in [0.1, 0.15) is 24.4 Å². The summed E-state index contributed by atoms with van der Waals surface area (Å²) in [4.78, 5) is 39.3. The normalized spacial score (nSPS) is 16.0. The number of fused-ring (bicyclic) bond motifs is 1. The van der Waals surface area contributed by atoms with Crippen molar-refractivity contribution in [2.45, 2.75) is 46.1 Å². The van der Waals surface area contributed by atoms with Gasteiger partial charge in [-0.05, 0) is 26.3 Å². The van der Waals surface area contributed by atoms with E-state index in [0.29, 0.717) is 39.3 Å². The van der Waals surface area contributed by atoms with Crippen LogP contribution in [0.1, 0.15) is 37.6 Å². The smallest absolute Gasteiger partial charge is 0.410 e. The zero-order chi connectivity index (χ0) is 22.7. The van der Waals surface area contributed by atoms with E-state index in [1.165, 1.54) is 6.33 Å². The Labute approximate surface area is 187 Å². The van der Waals surface area contributed by atoms with E-state index in [-0.39, 0.29) is 18.8 Å². The van der Waals surface area contributed by atoms with Crippen LogP contribution in [0.3, 0.4) is 0 Å². The van der Waals surface area contributed by atoms with E-state index in [9.17, 15) is 9.59 Å². The number of piperazine rings is 1. The van der Waals surface area contributed by atoms with E-state index in [1.807, 2.05) is 51.1 Å². The van der Waals surface area contributed by atoms with Crippen molar-refractivity contribution in [3.8, 4) is 0 Å². The van der Waals surface area contributed by atoms with E-state index in [2.05, 4.69) is 14.9 Å². The van der Waals surface area contributed by atoms with Gasteiger partial charge in [-0.2, -0.15) is 0 Å². The Hall–Kier alpha value is -3.36. The third kappa shape index (κ3) is 5.09. The maximum absolute atomic E-state index is 12.5. The number of aromatic nitrogens is 2. The molecule has 0 saturated carbocycles. The number of carbonyl (C=O) groups is 2. The van der Waals surface area contributed by atoms with Crippen LogP contribution in [0.2, 0.25) is 0 Å². The predicted molar refractivity (Wildman–Crippen MR) is 118 cm³/mol. The second-order valence-electron chi connectivity index (χ2n) is 8.97. The zero-order valence-corrected chi connectivity index (χ0v) is 18.8. The van der Waals surface area contributed by atoms with E-state index < -0.39 is 5.60 Å². The first kappa shape index (κ1) is 21.9. The molecule has 2 aromatic rings. The summed E-state index contributed by atoms with van der Waals surface area (Å²) in [5.74, 6) is 0.818. The Balaban J connectivity index is 1.34. The molecule has 3 heterocycles. The van der Waals surface area contributed by atoms with Gasteiger partial charge in [0.05, 0.1) is 18.8 Å². The summed E-state index contributed by atoms with van der Waals surface area (Å²) in [5, 5.41) is 0. The van der Waals surface area contributed by atoms with Gasteiger partial charge in [-0.3, -0.25) is 4.90 Å². The van der Waals surface area contributed by atoms with Gasteiger partial charge >= 0.3 is 12.2 Å². The lowest BCUT2D eigenvalue weighted by Crippen LogP contribution is -2.49. The molecule has 0 N–H and O–H groups in total. The molecule has 1 aromatic carbocycles. The van der Waals surface area contributed by atoms with Gasteiger partial charge in [-0.15, -0.1) is 0 Å². The highest BCUT2D eigenvalue weighted by atomic mass is 16.6. The lowest BCUT2D eigenvalue weighted by atomic mass is 10.2. The third-order valence-electron chi connectivity index (χ3n) is 5.40. The molecular formula is C23H29N5O4. The molecule has 2 aliphatic rings. The topological polar surface area (TPSA) is 88.1 Å². The fraction of sp³-hybridized carbons (Fsp3) is 0.478. The number of benzene rings is 1. The van der Waals surface area contributed by atoms with Crippen LogP contribution in [-0.2, 0) is 29.2 Å². The number of nitrogens with zero attached hydrogens (tertiary/aromatic N) is 5. The van der Waals surface area contributed by atoms with Crippen LogP contribution in [0.4, 0.5) is 15.4 Å². The molecule has 0 bridgehead atoms. The molecular weight excluding hydrogens is 410 g/mol. The Bertz CT molecular complexity index is 968. The second-order valence-corrected chi connectivity index (χ2v) is 8.97. The Morgan fingerprint density at radius 2 is 1.66 bits per heavy atom. The number of anilines is 1. The lowest BCUT2D eigenvalue weighted by Gasteiger charge is -2.35. The number of hydrogen-bond acceptors (Lipinski definition) is 7. The summed E-state index contributed by atoms with van der Waals surface area (Å²) in [6.07, 6.45) is 0.873. The van der Waals surface area contributed by atoms with Crippen LogP contribution in [0.15, 0.2) is 36.7 Å². The number of amides is 2. The molecule has 4 rings (SSSR count). The zero-order valence-electron chi connectivity index (χ0n) is 18.8. The number of rotatable bonds is 3. The minimum atomic E-state index is -0.550. The lowest BCUT2D eigenvalue weighted by molar-refractivity contribution is 0.0240. The molecule has 1 aromatic heterocycles. The van der Waals surface area contributed by atoms with Gasteiger partial charge in [-0.25, -0.2) is 19.6 Å². The van der Waals surface area contributed by atoms with Crippen LogP contribution >= 0.6 is 0 Å². The second kappa shape index (κ2) is 9.02. The minimum absolute atomic E-state index is 0.264. The van der Waals surface area contributed by atoms with Gasteiger partial charge in [0.15, 0.2) is 0 Å². The van der Waals surface area contributed by atoms with Gasteiger partial charge in [-0.1, -0.05) is 30.3 Å². The highest BCUT2D eigenvalue weighted by Crippen LogP contribution is 2.30. The molecule has 2 amide bonds. The average Bonchev–Trinajstić information content (AvgIpc) is 3.22. The summed E-state index contributed by atoms with van der Waals surface area (Å²) < 4.78 is 10.9. The first-order valence-corrected chi connectivity index (χ1v) is 10.8. The largest absolute Gasteiger partial charge is 0.445 e. The van der Waals surface area contributed by atoms with Crippen molar-refractivity contribution < 1.29 is 19.1 Å². The first-order chi connectivity index (χ1) is 15.3. The fourth-order valence-corrected chi connectivity index (χ4v) is 3.80. The van der Waals surface area contributed by atoms with Crippen LogP contribution in [-0.4, -0.2) is 63.7 Å². The molecule has 0 unspecified atom stereocenters. The average molecular weight is 440 g/mol. The maximum Gasteiger partial charge on any atom is 0.410 e. The molecule has 9 nitrogen and oxygen atoms in total. The molecule has 0 atom stereocenters. The molecule has 32 heavy (non-hydrogen) atoms. The van der Waals surface area contributed by atoms with E-state index in [1.54, 1.807) is 9.80 Å². The third-order valence-corrected chi connectivity index (χ3v) is 5.40. The molecule has 9 heteroatoms. The van der Waals surface area contributed by atoms with Crippen LogP contribution in [0.25, 0.3) is 0 Å². The molecule has 0 spiro atoms. The summed E-state index contributed by atoms with van der Waals surface area (Å²) in [6.45, 7) is 9.00. The quantitative estimate of drug-likeness (QED) is 0.726. The van der Waals surface area contributed by atoms with E-state index in [0.717, 1.165) is 22.6 Å². The number of carbonyl (C=O) groups excluding carboxylic acids is 2. The Morgan fingerprint density at radius 1 is 0.938 bits per heavy atom. The van der Waals surface area contributed by atoms with Gasteiger partial charge < -0.3 is 19.3 Å². The minimum Gasteiger partial charge on any atom is -0.445 e. The Kier molecular flexibility index (Phi) is 6.16. The summed E-state index contributed by atoms with van der Waals surface area (Å²) in [7, 11) is 0. The van der Waals surface area contributed by atoms with Crippen molar-refractivity contribution in [2.24, 2.45) is 0 Å². The first-order valence-electron chi connectivity index (χ1n) is 10.8. The predicted octanol–water partition coefficient (Wildman–Crippen LogP) is 3.19. The van der Waals surface area contributed by atoms with Crippen molar-refractivity contribution in [1.82, 2.24) is 19.8 Å². The van der Waals surface area contributed by atoms with Gasteiger partial charge in [0, 0.05) is 31.7 Å². The van der Waals surface area contributed by atoms with Crippen molar-refractivity contribution in [1.29, 1.82) is 0 Å². The van der Waals surface area contributed by atoms with Gasteiger partial charge in [0.25, 0.3) is 0 Å².